The lowest BCUT2D eigenvalue weighted by atomic mass is 9.87. The van der Waals surface area contributed by atoms with Crippen LogP contribution in [0.25, 0.3) is 0 Å². The summed E-state index contributed by atoms with van der Waals surface area (Å²) < 4.78 is 0. The monoisotopic (exact) mass is 426 g/mol. The lowest BCUT2D eigenvalue weighted by molar-refractivity contribution is -0.139. The maximum absolute atomic E-state index is 12.3. The molecule has 4 nitrogen and oxygen atoms in total. The minimum atomic E-state index is -0.774. The van der Waals surface area contributed by atoms with Gasteiger partial charge in [0.25, 0.3) is 0 Å². The molecule has 1 aromatic rings. The van der Waals surface area contributed by atoms with E-state index in [0.717, 1.165) is 44.1 Å². The minimum Gasteiger partial charge on any atom is -0.481 e. The Bertz CT molecular complexity index is 722. The summed E-state index contributed by atoms with van der Waals surface area (Å²) in [4.78, 5) is 23.9. The Kier molecular flexibility index (Phi) is 11.3. The van der Waals surface area contributed by atoms with Gasteiger partial charge in [-0.2, -0.15) is 0 Å². The highest BCUT2D eigenvalue weighted by Gasteiger charge is 2.28. The maximum atomic E-state index is 12.3. The third kappa shape index (κ3) is 8.45. The number of rotatable bonds is 15. The number of carbonyl (C=O) groups excluding carboxylic acids is 1. The first kappa shape index (κ1) is 25.1. The Morgan fingerprint density at radius 2 is 1.81 bits per heavy atom. The van der Waals surface area contributed by atoms with Crippen molar-refractivity contribution in [2.24, 2.45) is 17.8 Å². The smallest absolute Gasteiger partial charge is 0.310 e. The van der Waals surface area contributed by atoms with Crippen molar-refractivity contribution in [3.63, 3.8) is 0 Å². The SMILES string of the molecule is CCCCCC(/C=C/[C@H]1C=CC(=O)[C@@H]1CCCCCC(C(=O)O)c1ccccc1)CO. The third-order valence-corrected chi connectivity index (χ3v) is 6.34. The lowest BCUT2D eigenvalue weighted by Crippen LogP contribution is -2.15. The van der Waals surface area contributed by atoms with Gasteiger partial charge in [-0.25, -0.2) is 0 Å². The molecule has 2 N–H and O–H groups in total. The second-order valence-corrected chi connectivity index (χ2v) is 8.71. The molecular weight excluding hydrogens is 388 g/mol. The molecule has 0 amide bonds. The number of ketones is 1. The van der Waals surface area contributed by atoms with Gasteiger partial charge < -0.3 is 10.2 Å². The highest BCUT2D eigenvalue weighted by molar-refractivity contribution is 5.94. The minimum absolute atomic E-state index is 0.0179. The van der Waals surface area contributed by atoms with E-state index in [2.05, 4.69) is 19.1 Å². The van der Waals surface area contributed by atoms with Crippen LogP contribution in [0.3, 0.4) is 0 Å². The van der Waals surface area contributed by atoms with E-state index in [1.54, 1.807) is 6.08 Å². The predicted molar refractivity (Wildman–Crippen MR) is 125 cm³/mol. The van der Waals surface area contributed by atoms with Crippen LogP contribution in [-0.4, -0.2) is 28.6 Å². The summed E-state index contributed by atoms with van der Waals surface area (Å²) in [7, 11) is 0. The third-order valence-electron chi connectivity index (χ3n) is 6.34. The van der Waals surface area contributed by atoms with E-state index >= 15 is 0 Å². The number of carboxylic acids is 1. The topological polar surface area (TPSA) is 74.6 Å². The average molecular weight is 427 g/mol. The van der Waals surface area contributed by atoms with Gasteiger partial charge in [0.05, 0.1) is 5.92 Å². The molecule has 0 aromatic heterocycles. The second-order valence-electron chi connectivity index (χ2n) is 8.71. The van der Waals surface area contributed by atoms with Gasteiger partial charge in [-0.15, -0.1) is 0 Å². The second kappa shape index (κ2) is 14.0. The summed E-state index contributed by atoms with van der Waals surface area (Å²) in [5, 5.41) is 19.1. The zero-order valence-corrected chi connectivity index (χ0v) is 18.8. The Balaban J connectivity index is 1.77. The summed E-state index contributed by atoms with van der Waals surface area (Å²) in [6, 6.07) is 9.40. The summed E-state index contributed by atoms with van der Waals surface area (Å²) in [5.41, 5.74) is 0.854. The molecule has 1 aliphatic carbocycles. The van der Waals surface area contributed by atoms with Gasteiger partial charge in [0.15, 0.2) is 5.78 Å². The lowest BCUT2D eigenvalue weighted by Gasteiger charge is -2.17. The number of hydrogen-bond donors (Lipinski definition) is 2. The van der Waals surface area contributed by atoms with Gasteiger partial charge in [0.2, 0.25) is 0 Å². The molecule has 1 aromatic carbocycles. The fourth-order valence-electron chi connectivity index (χ4n) is 4.38. The standard InChI is InChI=1S/C27H38O4/c1-2-3-6-11-21(20-28)16-17-23-18-19-26(29)24(23)14-9-5-10-15-25(27(30)31)22-12-7-4-8-13-22/h4,7-8,12-13,16-19,21,23-25,28H,2-3,5-6,9-11,14-15,20H2,1H3,(H,30,31)/b17-16+/t21?,23-,24+,25?/m0/s1. The van der Waals surface area contributed by atoms with Gasteiger partial charge in [0.1, 0.15) is 0 Å². The number of aliphatic hydroxyl groups is 1. The first-order valence-electron chi connectivity index (χ1n) is 11.9. The fraction of sp³-hybridized carbons (Fsp3) is 0.556. The van der Waals surface area contributed by atoms with Crippen LogP contribution in [-0.2, 0) is 9.59 Å². The molecule has 4 atom stereocenters. The van der Waals surface area contributed by atoms with Crippen molar-refractivity contribution in [3.8, 4) is 0 Å². The molecular formula is C27H38O4. The molecule has 0 bridgehead atoms. The van der Waals surface area contributed by atoms with Crippen LogP contribution in [0.2, 0.25) is 0 Å². The van der Waals surface area contributed by atoms with Crippen LogP contribution < -0.4 is 0 Å². The van der Waals surface area contributed by atoms with Gasteiger partial charge in [-0.1, -0.05) is 94.0 Å². The molecule has 0 saturated heterocycles. The van der Waals surface area contributed by atoms with Crippen molar-refractivity contribution in [1.29, 1.82) is 0 Å². The first-order chi connectivity index (χ1) is 15.1. The van der Waals surface area contributed by atoms with Crippen molar-refractivity contribution in [3.05, 3.63) is 60.2 Å². The number of aliphatic hydroxyl groups excluding tert-OH is 1. The molecule has 0 saturated carbocycles. The largest absolute Gasteiger partial charge is 0.481 e. The molecule has 2 unspecified atom stereocenters. The summed E-state index contributed by atoms with van der Waals surface area (Å²) >= 11 is 0. The van der Waals surface area contributed by atoms with Gasteiger partial charge in [-0.05, 0) is 36.8 Å². The van der Waals surface area contributed by atoms with Crippen molar-refractivity contribution in [2.45, 2.75) is 70.6 Å². The molecule has 0 aliphatic heterocycles. The van der Waals surface area contributed by atoms with Crippen LogP contribution in [0.4, 0.5) is 0 Å². The van der Waals surface area contributed by atoms with E-state index in [0.29, 0.717) is 6.42 Å². The molecule has 31 heavy (non-hydrogen) atoms. The van der Waals surface area contributed by atoms with E-state index in [1.165, 1.54) is 12.8 Å². The Labute approximate surface area is 187 Å². The first-order valence-corrected chi connectivity index (χ1v) is 11.9. The van der Waals surface area contributed by atoms with Gasteiger partial charge in [-0.3, -0.25) is 9.59 Å². The maximum Gasteiger partial charge on any atom is 0.310 e. The zero-order valence-electron chi connectivity index (χ0n) is 18.8. The number of aliphatic carboxylic acids is 1. The van der Waals surface area contributed by atoms with E-state index in [9.17, 15) is 19.8 Å². The van der Waals surface area contributed by atoms with E-state index < -0.39 is 11.9 Å². The molecule has 0 radical (unpaired) electrons. The number of carbonyl (C=O) groups is 2. The van der Waals surface area contributed by atoms with E-state index in [1.807, 2.05) is 36.4 Å². The number of unbranched alkanes of at least 4 members (excludes halogenated alkanes) is 4. The van der Waals surface area contributed by atoms with E-state index in [4.69, 9.17) is 0 Å². The number of benzene rings is 1. The molecule has 4 heteroatoms. The van der Waals surface area contributed by atoms with Crippen molar-refractivity contribution in [1.82, 2.24) is 0 Å². The van der Waals surface area contributed by atoms with Gasteiger partial charge >= 0.3 is 5.97 Å². The summed E-state index contributed by atoms with van der Waals surface area (Å²) in [6.07, 6.45) is 16.5. The van der Waals surface area contributed by atoms with Crippen LogP contribution >= 0.6 is 0 Å². The zero-order chi connectivity index (χ0) is 22.5. The molecule has 2 rings (SSSR count). The molecule has 0 spiro atoms. The number of hydrogen-bond acceptors (Lipinski definition) is 3. The van der Waals surface area contributed by atoms with Crippen molar-refractivity contribution in [2.75, 3.05) is 6.61 Å². The van der Waals surface area contributed by atoms with Crippen molar-refractivity contribution >= 4 is 11.8 Å². The Hall–Kier alpha value is -2.20. The van der Waals surface area contributed by atoms with Crippen molar-refractivity contribution < 1.29 is 19.8 Å². The summed E-state index contributed by atoms with van der Waals surface area (Å²) in [6.45, 7) is 2.33. The molecule has 0 heterocycles. The van der Waals surface area contributed by atoms with Crippen LogP contribution in [0.1, 0.15) is 76.2 Å². The number of allylic oxidation sites excluding steroid dienone is 3. The van der Waals surface area contributed by atoms with E-state index in [-0.39, 0.29) is 30.1 Å². The predicted octanol–water partition coefficient (Wildman–Crippen LogP) is 5.92. The highest BCUT2D eigenvalue weighted by atomic mass is 16.4. The quantitative estimate of drug-likeness (QED) is 0.270. The fourth-order valence-corrected chi connectivity index (χ4v) is 4.38. The van der Waals surface area contributed by atoms with Crippen LogP contribution in [0, 0.1) is 17.8 Å². The van der Waals surface area contributed by atoms with Gasteiger partial charge in [0, 0.05) is 18.4 Å². The van der Waals surface area contributed by atoms with Crippen LogP contribution in [0.15, 0.2) is 54.6 Å². The molecule has 0 fully saturated rings. The molecule has 1 aliphatic rings. The Morgan fingerprint density at radius 1 is 1.06 bits per heavy atom. The molecule has 170 valence electrons. The highest BCUT2D eigenvalue weighted by Crippen LogP contribution is 2.30. The Morgan fingerprint density at radius 3 is 2.48 bits per heavy atom. The van der Waals surface area contributed by atoms with Crippen LogP contribution in [0.5, 0.6) is 0 Å². The average Bonchev–Trinajstić information content (AvgIpc) is 3.12. The summed E-state index contributed by atoms with van der Waals surface area (Å²) in [5.74, 6) is -0.783. The normalized spacial score (nSPS) is 20.4. The number of carboxylic acid groups (broad SMARTS) is 1.